The molecule has 0 bridgehead atoms. The zero-order valence-electron chi connectivity index (χ0n) is 17.2. The summed E-state index contributed by atoms with van der Waals surface area (Å²) in [4.78, 5) is 35.8. The van der Waals surface area contributed by atoms with E-state index in [1.54, 1.807) is 36.4 Å². The molecule has 0 heterocycles. The van der Waals surface area contributed by atoms with Crippen LogP contribution in [-0.2, 0) is 4.79 Å². The Morgan fingerprint density at radius 3 is 2.47 bits per heavy atom. The van der Waals surface area contributed by atoms with Gasteiger partial charge in [0.1, 0.15) is 5.75 Å². The molecule has 0 aliphatic rings. The number of nitrogens with one attached hydrogen (secondary N) is 2. The van der Waals surface area contributed by atoms with Gasteiger partial charge < -0.3 is 15.4 Å². The number of nitrogens with zero attached hydrogens (tertiary/aromatic N) is 1. The molecule has 0 atom stereocenters. The minimum Gasteiger partial charge on any atom is -0.492 e. The van der Waals surface area contributed by atoms with Gasteiger partial charge in [-0.15, -0.1) is 11.8 Å². The summed E-state index contributed by atoms with van der Waals surface area (Å²) in [5.41, 5.74) is 1.22. The Balaban J connectivity index is 1.54. The number of thioether (sulfide) groups is 1. The monoisotopic (exact) mass is 451 g/mol. The standard InChI is InChI=1S/C23H21N3O5S/c1-2-31-21-9-4-3-8-20(21)25-22(27)15-32-19-12-10-17(11-13-19)24-23(28)16-6-5-7-18(14-16)26(29)30/h3-14H,2,15H2,1H3,(H,24,28)(H,25,27). The van der Waals surface area contributed by atoms with Crippen LogP contribution in [0.1, 0.15) is 17.3 Å². The van der Waals surface area contributed by atoms with Gasteiger partial charge in [0, 0.05) is 28.3 Å². The lowest BCUT2D eigenvalue weighted by Gasteiger charge is -2.11. The number of carbonyl (C=O) groups excluding carboxylic acids is 2. The van der Waals surface area contributed by atoms with E-state index < -0.39 is 10.8 Å². The van der Waals surface area contributed by atoms with Gasteiger partial charge >= 0.3 is 0 Å². The first-order chi connectivity index (χ1) is 15.5. The van der Waals surface area contributed by atoms with Gasteiger partial charge in [0.2, 0.25) is 5.91 Å². The highest BCUT2D eigenvalue weighted by atomic mass is 32.2. The number of hydrogen-bond acceptors (Lipinski definition) is 6. The zero-order valence-corrected chi connectivity index (χ0v) is 18.1. The summed E-state index contributed by atoms with van der Waals surface area (Å²) in [6, 6.07) is 19.8. The highest BCUT2D eigenvalue weighted by molar-refractivity contribution is 8.00. The van der Waals surface area contributed by atoms with Crippen LogP contribution in [0.5, 0.6) is 5.75 Å². The van der Waals surface area contributed by atoms with E-state index in [4.69, 9.17) is 4.74 Å². The third-order valence-electron chi connectivity index (χ3n) is 4.26. The van der Waals surface area contributed by atoms with Crippen molar-refractivity contribution in [2.24, 2.45) is 0 Å². The van der Waals surface area contributed by atoms with Crippen LogP contribution in [0.25, 0.3) is 0 Å². The first-order valence-electron chi connectivity index (χ1n) is 9.76. The summed E-state index contributed by atoms with van der Waals surface area (Å²) in [6.07, 6.45) is 0. The maximum absolute atomic E-state index is 12.3. The molecule has 0 aromatic heterocycles. The van der Waals surface area contributed by atoms with E-state index in [1.807, 2.05) is 19.1 Å². The number of benzene rings is 3. The van der Waals surface area contributed by atoms with Crippen LogP contribution in [0.3, 0.4) is 0 Å². The molecule has 3 aromatic carbocycles. The maximum atomic E-state index is 12.3. The Morgan fingerprint density at radius 1 is 1.00 bits per heavy atom. The number of nitro benzene ring substituents is 1. The fourth-order valence-corrected chi connectivity index (χ4v) is 3.48. The molecule has 0 radical (unpaired) electrons. The van der Waals surface area contributed by atoms with Crippen molar-refractivity contribution in [3.05, 3.63) is 88.5 Å². The van der Waals surface area contributed by atoms with Crippen LogP contribution in [0.4, 0.5) is 17.1 Å². The van der Waals surface area contributed by atoms with Crippen LogP contribution < -0.4 is 15.4 Å². The van der Waals surface area contributed by atoms with E-state index in [9.17, 15) is 19.7 Å². The number of hydrogen-bond donors (Lipinski definition) is 2. The molecule has 3 rings (SSSR count). The lowest BCUT2D eigenvalue weighted by atomic mass is 10.2. The Hall–Kier alpha value is -3.85. The highest BCUT2D eigenvalue weighted by Crippen LogP contribution is 2.25. The fraction of sp³-hybridized carbons (Fsp3) is 0.130. The van der Waals surface area contributed by atoms with Gasteiger partial charge in [-0.2, -0.15) is 0 Å². The molecular weight excluding hydrogens is 430 g/mol. The summed E-state index contributed by atoms with van der Waals surface area (Å²) in [7, 11) is 0. The average molecular weight is 452 g/mol. The second-order valence-corrected chi connectivity index (χ2v) is 7.60. The van der Waals surface area contributed by atoms with Crippen molar-refractivity contribution < 1.29 is 19.2 Å². The fourth-order valence-electron chi connectivity index (χ4n) is 2.78. The van der Waals surface area contributed by atoms with E-state index >= 15 is 0 Å². The van der Waals surface area contributed by atoms with E-state index in [0.29, 0.717) is 23.7 Å². The van der Waals surface area contributed by atoms with Crippen molar-refractivity contribution >= 4 is 40.6 Å². The summed E-state index contributed by atoms with van der Waals surface area (Å²) >= 11 is 1.36. The molecule has 2 amide bonds. The Bertz CT molecular complexity index is 1120. The molecule has 0 saturated heterocycles. The van der Waals surface area contributed by atoms with E-state index in [2.05, 4.69) is 10.6 Å². The topological polar surface area (TPSA) is 111 Å². The predicted molar refractivity (Wildman–Crippen MR) is 124 cm³/mol. The lowest BCUT2D eigenvalue weighted by Crippen LogP contribution is -2.15. The Kier molecular flexibility index (Phi) is 7.82. The predicted octanol–water partition coefficient (Wildman–Crippen LogP) is 4.98. The number of nitro groups is 1. The number of non-ortho nitro benzene ring substituents is 1. The Morgan fingerprint density at radius 2 is 1.75 bits per heavy atom. The number of anilines is 2. The van der Waals surface area contributed by atoms with Crippen molar-refractivity contribution in [3.63, 3.8) is 0 Å². The van der Waals surface area contributed by atoms with E-state index in [0.717, 1.165) is 4.90 Å². The third-order valence-corrected chi connectivity index (χ3v) is 5.27. The molecule has 9 heteroatoms. The van der Waals surface area contributed by atoms with Gasteiger partial charge in [-0.1, -0.05) is 18.2 Å². The van der Waals surface area contributed by atoms with Crippen molar-refractivity contribution in [1.82, 2.24) is 0 Å². The lowest BCUT2D eigenvalue weighted by molar-refractivity contribution is -0.384. The summed E-state index contributed by atoms with van der Waals surface area (Å²) < 4.78 is 5.51. The molecule has 0 fully saturated rings. The molecule has 0 unspecified atom stereocenters. The molecule has 164 valence electrons. The number of rotatable bonds is 9. The minimum absolute atomic E-state index is 0.147. The highest BCUT2D eigenvalue weighted by Gasteiger charge is 2.12. The summed E-state index contributed by atoms with van der Waals surface area (Å²) in [5.74, 6) is 0.226. The second kappa shape index (κ2) is 11.0. The van der Waals surface area contributed by atoms with Crippen molar-refractivity contribution in [1.29, 1.82) is 0 Å². The van der Waals surface area contributed by atoms with Crippen LogP contribution >= 0.6 is 11.8 Å². The molecule has 0 aliphatic carbocycles. The maximum Gasteiger partial charge on any atom is 0.270 e. The summed E-state index contributed by atoms with van der Waals surface area (Å²) in [6.45, 7) is 2.38. The molecule has 8 nitrogen and oxygen atoms in total. The number of para-hydroxylation sites is 2. The largest absolute Gasteiger partial charge is 0.492 e. The van der Waals surface area contributed by atoms with Crippen molar-refractivity contribution in [2.75, 3.05) is 23.0 Å². The van der Waals surface area contributed by atoms with Crippen LogP contribution in [0.2, 0.25) is 0 Å². The number of ether oxygens (including phenoxy) is 1. The second-order valence-electron chi connectivity index (χ2n) is 6.55. The molecule has 0 spiro atoms. The van der Waals surface area contributed by atoms with Crippen LogP contribution in [0.15, 0.2) is 77.7 Å². The van der Waals surface area contributed by atoms with Crippen LogP contribution in [-0.4, -0.2) is 29.1 Å². The average Bonchev–Trinajstić information content (AvgIpc) is 2.80. The molecule has 3 aromatic rings. The number of amides is 2. The molecule has 0 aliphatic heterocycles. The van der Waals surface area contributed by atoms with Crippen molar-refractivity contribution in [3.8, 4) is 5.75 Å². The van der Waals surface area contributed by atoms with Gasteiger partial charge in [-0.3, -0.25) is 19.7 Å². The smallest absolute Gasteiger partial charge is 0.270 e. The van der Waals surface area contributed by atoms with Gasteiger partial charge in [0.05, 0.1) is 23.0 Å². The number of carbonyl (C=O) groups is 2. The van der Waals surface area contributed by atoms with Gasteiger partial charge in [-0.25, -0.2) is 0 Å². The molecule has 2 N–H and O–H groups in total. The zero-order chi connectivity index (χ0) is 22.9. The van der Waals surface area contributed by atoms with Gasteiger partial charge in [-0.05, 0) is 49.4 Å². The van der Waals surface area contributed by atoms with Gasteiger partial charge in [0.25, 0.3) is 11.6 Å². The SMILES string of the molecule is CCOc1ccccc1NC(=O)CSc1ccc(NC(=O)c2cccc([N+](=O)[O-])c2)cc1. The normalized spacial score (nSPS) is 10.3. The van der Waals surface area contributed by atoms with Crippen LogP contribution in [0, 0.1) is 10.1 Å². The van der Waals surface area contributed by atoms with Gasteiger partial charge in [0.15, 0.2) is 0 Å². The van der Waals surface area contributed by atoms with Crippen molar-refractivity contribution in [2.45, 2.75) is 11.8 Å². The molecular formula is C23H21N3O5S. The third kappa shape index (κ3) is 6.32. The van der Waals surface area contributed by atoms with E-state index in [1.165, 1.54) is 36.0 Å². The summed E-state index contributed by atoms with van der Waals surface area (Å²) in [5, 5.41) is 16.4. The first-order valence-corrected chi connectivity index (χ1v) is 10.7. The molecule has 0 saturated carbocycles. The quantitative estimate of drug-likeness (QED) is 0.270. The first kappa shape index (κ1) is 22.8. The minimum atomic E-state index is -0.547. The molecule has 32 heavy (non-hydrogen) atoms. The van der Waals surface area contributed by atoms with E-state index in [-0.39, 0.29) is 22.9 Å². The Labute approximate surface area is 189 Å².